The van der Waals surface area contributed by atoms with Gasteiger partial charge in [-0.25, -0.2) is 9.97 Å². The van der Waals surface area contributed by atoms with E-state index in [9.17, 15) is 4.79 Å². The Morgan fingerprint density at radius 1 is 1.21 bits per heavy atom. The predicted octanol–water partition coefficient (Wildman–Crippen LogP) is 2.53. The molecule has 7 nitrogen and oxygen atoms in total. The first kappa shape index (κ1) is 14.9. The van der Waals surface area contributed by atoms with Gasteiger partial charge in [-0.2, -0.15) is 0 Å². The zero-order valence-electron chi connectivity index (χ0n) is 12.7. The Morgan fingerprint density at radius 3 is 3.00 bits per heavy atom. The lowest BCUT2D eigenvalue weighted by molar-refractivity contribution is 0.288. The van der Waals surface area contributed by atoms with E-state index in [2.05, 4.69) is 25.3 Å². The summed E-state index contributed by atoms with van der Waals surface area (Å²) >= 11 is 1.18. The average molecular weight is 341 g/mol. The molecule has 0 bridgehead atoms. The van der Waals surface area contributed by atoms with Gasteiger partial charge in [0.1, 0.15) is 17.8 Å². The van der Waals surface area contributed by atoms with E-state index in [1.165, 1.54) is 17.7 Å². The molecule has 3 heterocycles. The maximum Gasteiger partial charge on any atom is 0.305 e. The van der Waals surface area contributed by atoms with E-state index in [1.54, 1.807) is 0 Å². The fourth-order valence-electron chi connectivity index (χ4n) is 2.66. The fraction of sp³-hybridized carbons (Fsp3) is 0.188. The Labute approximate surface area is 140 Å². The van der Waals surface area contributed by atoms with Crippen LogP contribution in [0.15, 0.2) is 35.4 Å². The van der Waals surface area contributed by atoms with Crippen molar-refractivity contribution in [3.8, 4) is 0 Å². The summed E-state index contributed by atoms with van der Waals surface area (Å²) in [5, 5.41) is 13.1. The predicted molar refractivity (Wildman–Crippen MR) is 95.0 cm³/mol. The van der Waals surface area contributed by atoms with Gasteiger partial charge in [-0.3, -0.25) is 4.79 Å². The molecule has 4 N–H and O–H groups in total. The van der Waals surface area contributed by atoms with Gasteiger partial charge in [0, 0.05) is 18.0 Å². The van der Waals surface area contributed by atoms with Crippen LogP contribution < -0.4 is 10.2 Å². The molecular formula is C16H15N5O2S. The maximum absolute atomic E-state index is 11.4. The van der Waals surface area contributed by atoms with Crippen molar-refractivity contribution >= 4 is 44.1 Å². The first-order valence-electron chi connectivity index (χ1n) is 7.56. The second kappa shape index (κ2) is 6.06. The van der Waals surface area contributed by atoms with Crippen molar-refractivity contribution in [1.29, 1.82) is 0 Å². The van der Waals surface area contributed by atoms with Crippen LogP contribution in [0, 0.1) is 0 Å². The lowest BCUT2D eigenvalue weighted by Crippen LogP contribution is -1.94. The molecule has 0 aliphatic rings. The number of aryl methyl sites for hydroxylation is 1. The number of aromatic nitrogens is 4. The highest BCUT2D eigenvalue weighted by atomic mass is 32.1. The third-order valence-corrected chi connectivity index (χ3v) is 4.61. The fourth-order valence-corrected chi connectivity index (χ4v) is 3.43. The van der Waals surface area contributed by atoms with Gasteiger partial charge >= 0.3 is 4.87 Å². The minimum atomic E-state index is -0.0641. The molecule has 122 valence electrons. The summed E-state index contributed by atoms with van der Waals surface area (Å²) in [6, 6.07) is 7.70. The summed E-state index contributed by atoms with van der Waals surface area (Å²) in [6.45, 7) is 0.158. The molecule has 0 atom stereocenters. The summed E-state index contributed by atoms with van der Waals surface area (Å²) in [6.07, 6.45) is 2.96. The summed E-state index contributed by atoms with van der Waals surface area (Å²) in [7, 11) is 0. The molecule has 24 heavy (non-hydrogen) atoms. The average Bonchev–Trinajstić information content (AvgIpc) is 3.15. The molecule has 8 heteroatoms. The van der Waals surface area contributed by atoms with Crippen molar-refractivity contribution in [1.82, 2.24) is 19.9 Å². The molecule has 0 spiro atoms. The van der Waals surface area contributed by atoms with Crippen LogP contribution in [0.2, 0.25) is 0 Å². The number of anilines is 2. The van der Waals surface area contributed by atoms with Gasteiger partial charge in [-0.15, -0.1) is 0 Å². The Kier molecular flexibility index (Phi) is 3.75. The number of nitrogens with zero attached hydrogens (tertiary/aromatic N) is 2. The minimum Gasteiger partial charge on any atom is -0.396 e. The van der Waals surface area contributed by atoms with Crippen molar-refractivity contribution in [3.63, 3.8) is 0 Å². The van der Waals surface area contributed by atoms with Crippen LogP contribution in [-0.4, -0.2) is 31.6 Å². The smallest absolute Gasteiger partial charge is 0.305 e. The monoisotopic (exact) mass is 341 g/mol. The van der Waals surface area contributed by atoms with E-state index in [4.69, 9.17) is 5.11 Å². The molecule has 4 rings (SSSR count). The molecule has 3 aromatic heterocycles. The molecule has 0 aliphatic heterocycles. The summed E-state index contributed by atoms with van der Waals surface area (Å²) in [5.41, 5.74) is 3.46. The molecular weight excluding hydrogens is 326 g/mol. The number of fused-ring (bicyclic) bond motifs is 2. The van der Waals surface area contributed by atoms with E-state index in [0.717, 1.165) is 39.1 Å². The zero-order chi connectivity index (χ0) is 16.5. The van der Waals surface area contributed by atoms with Crippen LogP contribution in [0.1, 0.15) is 12.1 Å². The quantitative estimate of drug-likeness (QED) is 0.446. The summed E-state index contributed by atoms with van der Waals surface area (Å²) in [4.78, 5) is 26.0. The summed E-state index contributed by atoms with van der Waals surface area (Å²) < 4.78 is 0.896. The molecule has 0 unspecified atom stereocenters. The highest BCUT2D eigenvalue weighted by Gasteiger charge is 2.09. The number of nitrogens with one attached hydrogen (secondary N) is 3. The summed E-state index contributed by atoms with van der Waals surface area (Å²) in [5.74, 6) is 0.703. The van der Waals surface area contributed by atoms with E-state index in [1.807, 2.05) is 24.3 Å². The lowest BCUT2D eigenvalue weighted by Gasteiger charge is -2.06. The number of aliphatic hydroxyl groups excluding tert-OH is 1. The van der Waals surface area contributed by atoms with Crippen LogP contribution in [-0.2, 0) is 6.42 Å². The number of aliphatic hydroxyl groups is 1. The minimum absolute atomic E-state index is 0.0641. The van der Waals surface area contributed by atoms with Gasteiger partial charge in [0.2, 0.25) is 0 Å². The van der Waals surface area contributed by atoms with Crippen molar-refractivity contribution in [2.24, 2.45) is 0 Å². The Morgan fingerprint density at radius 2 is 2.12 bits per heavy atom. The Bertz CT molecular complexity index is 1070. The second-order valence-electron chi connectivity index (χ2n) is 5.46. The zero-order valence-corrected chi connectivity index (χ0v) is 13.5. The molecule has 0 amide bonds. The SMILES string of the molecule is O=c1[nH]c2ccc(Nc3ncnc4[nH]c(CCCO)cc34)cc2s1. The molecule has 0 aliphatic carbocycles. The number of hydrogen-bond donors (Lipinski definition) is 4. The van der Waals surface area contributed by atoms with Crippen molar-refractivity contribution in [3.05, 3.63) is 46.0 Å². The number of aromatic amines is 2. The van der Waals surface area contributed by atoms with Crippen LogP contribution in [0.5, 0.6) is 0 Å². The lowest BCUT2D eigenvalue weighted by atomic mass is 10.2. The largest absolute Gasteiger partial charge is 0.396 e. The number of benzene rings is 1. The standard InChI is InChI=1S/C16H15N5O2S/c22-5-1-2-9-6-11-14(19-9)17-8-18-15(11)20-10-3-4-12-13(7-10)24-16(23)21-12/h3-4,6-8,22H,1-2,5H2,(H,21,23)(H2,17,18,19,20). The van der Waals surface area contributed by atoms with Gasteiger partial charge in [0.25, 0.3) is 0 Å². The van der Waals surface area contributed by atoms with E-state index < -0.39 is 0 Å². The topological polar surface area (TPSA) is 107 Å². The molecule has 0 radical (unpaired) electrons. The first-order chi connectivity index (χ1) is 11.7. The van der Waals surface area contributed by atoms with Crippen LogP contribution in [0.25, 0.3) is 21.3 Å². The number of hydrogen-bond acceptors (Lipinski definition) is 6. The normalized spacial score (nSPS) is 11.4. The van der Waals surface area contributed by atoms with E-state index in [-0.39, 0.29) is 11.5 Å². The molecule has 0 saturated carbocycles. The van der Waals surface area contributed by atoms with Crippen LogP contribution >= 0.6 is 11.3 Å². The van der Waals surface area contributed by atoms with Gasteiger partial charge < -0.3 is 20.4 Å². The van der Waals surface area contributed by atoms with E-state index >= 15 is 0 Å². The molecule has 1 aromatic carbocycles. The van der Waals surface area contributed by atoms with Gasteiger partial charge in [0.15, 0.2) is 0 Å². The van der Waals surface area contributed by atoms with Gasteiger partial charge in [-0.1, -0.05) is 11.3 Å². The highest BCUT2D eigenvalue weighted by Crippen LogP contribution is 2.26. The Balaban J connectivity index is 1.69. The van der Waals surface area contributed by atoms with Crippen molar-refractivity contribution in [2.45, 2.75) is 12.8 Å². The molecule has 4 aromatic rings. The number of H-pyrrole nitrogens is 2. The van der Waals surface area contributed by atoms with Crippen LogP contribution in [0.3, 0.4) is 0 Å². The first-order valence-corrected chi connectivity index (χ1v) is 8.38. The Hall–Kier alpha value is -2.71. The van der Waals surface area contributed by atoms with Crippen LogP contribution in [0.4, 0.5) is 11.5 Å². The third-order valence-electron chi connectivity index (χ3n) is 3.77. The second-order valence-corrected chi connectivity index (χ2v) is 6.47. The van der Waals surface area contributed by atoms with E-state index in [0.29, 0.717) is 12.2 Å². The maximum atomic E-state index is 11.4. The number of thiazole rings is 1. The number of rotatable bonds is 5. The van der Waals surface area contributed by atoms with Crippen molar-refractivity contribution < 1.29 is 5.11 Å². The molecule has 0 saturated heterocycles. The highest BCUT2D eigenvalue weighted by molar-refractivity contribution is 7.16. The third kappa shape index (κ3) is 2.77. The van der Waals surface area contributed by atoms with Crippen molar-refractivity contribution in [2.75, 3.05) is 11.9 Å². The van der Waals surface area contributed by atoms with Gasteiger partial charge in [-0.05, 0) is 37.1 Å². The molecule has 0 fully saturated rings. The van der Waals surface area contributed by atoms with Gasteiger partial charge in [0.05, 0.1) is 15.6 Å².